The largest absolute Gasteiger partial charge is 0.360 e. The van der Waals surface area contributed by atoms with Gasteiger partial charge in [0.2, 0.25) is 0 Å². The highest BCUT2D eigenvalue weighted by atomic mass is 16.5. The van der Waals surface area contributed by atoms with Crippen LogP contribution in [-0.4, -0.2) is 47.7 Å². The van der Waals surface area contributed by atoms with E-state index >= 15 is 0 Å². The highest BCUT2D eigenvalue weighted by Crippen LogP contribution is 2.12. The molecule has 0 aliphatic carbocycles. The van der Waals surface area contributed by atoms with E-state index in [1.165, 1.54) is 11.1 Å². The van der Waals surface area contributed by atoms with Crippen LogP contribution in [0.3, 0.4) is 0 Å². The van der Waals surface area contributed by atoms with E-state index in [9.17, 15) is 0 Å². The van der Waals surface area contributed by atoms with Crippen molar-refractivity contribution in [3.63, 3.8) is 0 Å². The Morgan fingerprint density at radius 3 is 2.48 bits per heavy atom. The van der Waals surface area contributed by atoms with Gasteiger partial charge in [0.1, 0.15) is 0 Å². The lowest BCUT2D eigenvalue weighted by molar-refractivity contribution is 0.125. The van der Waals surface area contributed by atoms with Crippen LogP contribution in [-0.2, 0) is 6.54 Å². The third-order valence-electron chi connectivity index (χ3n) is 4.21. The van der Waals surface area contributed by atoms with Crippen molar-refractivity contribution in [2.75, 3.05) is 32.7 Å². The highest BCUT2D eigenvalue weighted by Gasteiger charge is 2.18. The van der Waals surface area contributed by atoms with Gasteiger partial charge in [0, 0.05) is 38.8 Å². The Bertz CT molecular complexity index is 640. The predicted octanol–water partition coefficient (Wildman–Crippen LogP) is 3.20. The summed E-state index contributed by atoms with van der Waals surface area (Å²) in [6.07, 6.45) is 2.28. The van der Waals surface area contributed by atoms with Crippen molar-refractivity contribution < 1.29 is 4.52 Å². The first-order valence-electron chi connectivity index (χ1n) is 8.28. The first-order chi connectivity index (χ1) is 11.2. The molecule has 0 saturated carbocycles. The molecule has 0 atom stereocenters. The fraction of sp³-hybridized carbons (Fsp3) is 0.421. The highest BCUT2D eigenvalue weighted by molar-refractivity contribution is 5.52. The zero-order valence-corrected chi connectivity index (χ0v) is 14.0. The first kappa shape index (κ1) is 16.0. The summed E-state index contributed by atoms with van der Waals surface area (Å²) in [6, 6.07) is 12.6. The SMILES string of the molecule is CC(=Cc1ccccc1)CN1CCN(Cc2cc(C)no2)CC1. The normalized spacial score (nSPS) is 17.6. The number of hydrogen-bond donors (Lipinski definition) is 0. The van der Waals surface area contributed by atoms with Crippen LogP contribution in [0, 0.1) is 6.92 Å². The van der Waals surface area contributed by atoms with Gasteiger partial charge in [0.15, 0.2) is 5.76 Å². The molecule has 1 aliphatic heterocycles. The zero-order valence-electron chi connectivity index (χ0n) is 14.0. The quantitative estimate of drug-likeness (QED) is 0.849. The molecular weight excluding hydrogens is 286 g/mol. The molecule has 4 nitrogen and oxygen atoms in total. The van der Waals surface area contributed by atoms with Gasteiger partial charge in [0.25, 0.3) is 0 Å². The lowest BCUT2D eigenvalue weighted by atomic mass is 10.1. The lowest BCUT2D eigenvalue weighted by Gasteiger charge is -2.34. The van der Waals surface area contributed by atoms with Crippen molar-refractivity contribution in [3.8, 4) is 0 Å². The number of aromatic nitrogens is 1. The van der Waals surface area contributed by atoms with E-state index < -0.39 is 0 Å². The monoisotopic (exact) mass is 311 g/mol. The molecule has 122 valence electrons. The Morgan fingerprint density at radius 2 is 1.83 bits per heavy atom. The van der Waals surface area contributed by atoms with Crippen molar-refractivity contribution in [1.29, 1.82) is 0 Å². The van der Waals surface area contributed by atoms with Gasteiger partial charge in [-0.2, -0.15) is 0 Å². The second-order valence-electron chi connectivity index (χ2n) is 6.39. The van der Waals surface area contributed by atoms with E-state index in [0.29, 0.717) is 0 Å². The standard InChI is InChI=1S/C19H25N3O/c1-16(12-18-6-4-3-5-7-18)14-21-8-10-22(11-9-21)15-19-13-17(2)20-23-19/h3-7,12-13H,8-11,14-15H2,1-2H3. The fourth-order valence-electron chi connectivity index (χ4n) is 3.05. The molecule has 2 heterocycles. The Hall–Kier alpha value is -1.91. The summed E-state index contributed by atoms with van der Waals surface area (Å²) in [6.45, 7) is 10.5. The minimum atomic E-state index is 0.869. The molecule has 2 aromatic rings. The Labute approximate surface area is 138 Å². The topological polar surface area (TPSA) is 32.5 Å². The second kappa shape index (κ2) is 7.57. The molecule has 1 aliphatic rings. The Morgan fingerprint density at radius 1 is 1.13 bits per heavy atom. The van der Waals surface area contributed by atoms with E-state index in [1.54, 1.807) is 0 Å². The summed E-state index contributed by atoms with van der Waals surface area (Å²) >= 11 is 0. The van der Waals surface area contributed by atoms with Crippen molar-refractivity contribution >= 4 is 6.08 Å². The van der Waals surface area contributed by atoms with E-state index in [0.717, 1.165) is 50.7 Å². The minimum Gasteiger partial charge on any atom is -0.360 e. The van der Waals surface area contributed by atoms with E-state index in [4.69, 9.17) is 4.52 Å². The average Bonchev–Trinajstić information content (AvgIpc) is 2.95. The average molecular weight is 311 g/mol. The fourth-order valence-corrected chi connectivity index (χ4v) is 3.05. The van der Waals surface area contributed by atoms with Crippen LogP contribution in [0.2, 0.25) is 0 Å². The number of benzene rings is 1. The van der Waals surface area contributed by atoms with Crippen LogP contribution >= 0.6 is 0 Å². The van der Waals surface area contributed by atoms with Gasteiger partial charge in [-0.15, -0.1) is 0 Å². The van der Waals surface area contributed by atoms with Gasteiger partial charge in [-0.1, -0.05) is 47.1 Å². The maximum absolute atomic E-state index is 5.31. The first-order valence-corrected chi connectivity index (χ1v) is 8.28. The molecule has 1 saturated heterocycles. The molecule has 3 rings (SSSR count). The molecule has 0 amide bonds. The molecule has 0 radical (unpaired) electrons. The van der Waals surface area contributed by atoms with Gasteiger partial charge < -0.3 is 4.52 Å². The summed E-state index contributed by atoms with van der Waals surface area (Å²) in [7, 11) is 0. The second-order valence-corrected chi connectivity index (χ2v) is 6.39. The summed E-state index contributed by atoms with van der Waals surface area (Å²) < 4.78 is 5.31. The zero-order chi connectivity index (χ0) is 16.1. The van der Waals surface area contributed by atoms with Gasteiger partial charge >= 0.3 is 0 Å². The molecule has 1 fully saturated rings. The molecule has 0 spiro atoms. The Kier molecular flexibility index (Phi) is 5.26. The van der Waals surface area contributed by atoms with E-state index in [2.05, 4.69) is 58.3 Å². The lowest BCUT2D eigenvalue weighted by Crippen LogP contribution is -2.46. The molecular formula is C19H25N3O. The maximum atomic E-state index is 5.31. The molecule has 23 heavy (non-hydrogen) atoms. The van der Waals surface area contributed by atoms with E-state index in [-0.39, 0.29) is 0 Å². The predicted molar refractivity (Wildman–Crippen MR) is 93.1 cm³/mol. The van der Waals surface area contributed by atoms with Crippen molar-refractivity contribution in [2.24, 2.45) is 0 Å². The van der Waals surface area contributed by atoms with Crippen LogP contribution in [0.25, 0.3) is 6.08 Å². The molecule has 4 heteroatoms. The number of nitrogens with zero attached hydrogens (tertiary/aromatic N) is 3. The summed E-state index contributed by atoms with van der Waals surface area (Å²) in [5, 5.41) is 3.96. The number of piperazine rings is 1. The van der Waals surface area contributed by atoms with Crippen LogP contribution in [0.1, 0.15) is 23.9 Å². The molecule has 0 unspecified atom stereocenters. The van der Waals surface area contributed by atoms with Crippen LogP contribution < -0.4 is 0 Å². The van der Waals surface area contributed by atoms with Gasteiger partial charge in [-0.25, -0.2) is 0 Å². The van der Waals surface area contributed by atoms with Crippen LogP contribution in [0.15, 0.2) is 46.5 Å². The number of rotatable bonds is 5. The maximum Gasteiger partial charge on any atom is 0.150 e. The summed E-state index contributed by atoms with van der Waals surface area (Å²) in [5.41, 5.74) is 3.65. The van der Waals surface area contributed by atoms with Crippen LogP contribution in [0.4, 0.5) is 0 Å². The molecule has 0 N–H and O–H groups in total. The third-order valence-corrected chi connectivity index (χ3v) is 4.21. The summed E-state index contributed by atoms with van der Waals surface area (Å²) in [5.74, 6) is 0.969. The number of aryl methyl sites for hydroxylation is 1. The van der Waals surface area contributed by atoms with E-state index in [1.807, 2.05) is 13.0 Å². The van der Waals surface area contributed by atoms with Gasteiger partial charge in [0.05, 0.1) is 12.2 Å². The molecule has 1 aromatic heterocycles. The number of hydrogen-bond acceptors (Lipinski definition) is 4. The molecule has 0 bridgehead atoms. The Balaban J connectivity index is 1.46. The van der Waals surface area contributed by atoms with Crippen LogP contribution in [0.5, 0.6) is 0 Å². The molecule has 1 aromatic carbocycles. The summed E-state index contributed by atoms with van der Waals surface area (Å²) in [4.78, 5) is 4.96. The smallest absolute Gasteiger partial charge is 0.150 e. The van der Waals surface area contributed by atoms with Gasteiger partial charge in [-0.05, 0) is 19.4 Å². The van der Waals surface area contributed by atoms with Crippen molar-refractivity contribution in [2.45, 2.75) is 20.4 Å². The third kappa shape index (κ3) is 4.78. The minimum absolute atomic E-state index is 0.869. The van der Waals surface area contributed by atoms with Crippen molar-refractivity contribution in [3.05, 3.63) is 59.0 Å². The van der Waals surface area contributed by atoms with Crippen molar-refractivity contribution in [1.82, 2.24) is 15.0 Å². The van der Waals surface area contributed by atoms with Gasteiger partial charge in [-0.3, -0.25) is 9.80 Å².